The summed E-state index contributed by atoms with van der Waals surface area (Å²) in [6.07, 6.45) is 1.52. The third kappa shape index (κ3) is 4.64. The monoisotopic (exact) mass is 360 g/mol. The van der Waals surface area contributed by atoms with Gasteiger partial charge in [0.2, 0.25) is 5.75 Å². The second-order valence-corrected chi connectivity index (χ2v) is 5.84. The molecule has 0 unspecified atom stereocenters. The Morgan fingerprint density at radius 3 is 2.52 bits per heavy atom. The number of nitro groups is 1. The van der Waals surface area contributed by atoms with Gasteiger partial charge in [-0.3, -0.25) is 15.1 Å². The molecule has 3 rings (SSSR count). The van der Waals surface area contributed by atoms with E-state index in [-0.39, 0.29) is 11.4 Å². The number of hydrogen-bond donors (Lipinski definition) is 0. The summed E-state index contributed by atoms with van der Waals surface area (Å²) in [5.41, 5.74) is 2.19. The van der Waals surface area contributed by atoms with Crippen LogP contribution in [0.3, 0.4) is 0 Å². The average Bonchev–Trinajstić information content (AvgIpc) is 2.67. The molecular weight excluding hydrogens is 344 g/mol. The minimum absolute atomic E-state index is 0.108. The van der Waals surface area contributed by atoms with Gasteiger partial charge in [-0.25, -0.2) is 4.79 Å². The van der Waals surface area contributed by atoms with Gasteiger partial charge < -0.3 is 4.74 Å². The summed E-state index contributed by atoms with van der Waals surface area (Å²) in [7, 11) is 0. The van der Waals surface area contributed by atoms with E-state index in [2.05, 4.69) is 4.99 Å². The summed E-state index contributed by atoms with van der Waals surface area (Å²) in [6, 6.07) is 20.4. The number of hydrogen-bond acceptors (Lipinski definition) is 5. The van der Waals surface area contributed by atoms with Crippen LogP contribution in [0.2, 0.25) is 0 Å². The van der Waals surface area contributed by atoms with E-state index < -0.39 is 10.9 Å². The van der Waals surface area contributed by atoms with Gasteiger partial charge in [-0.1, -0.05) is 35.9 Å². The highest BCUT2D eigenvalue weighted by Crippen LogP contribution is 2.28. The lowest BCUT2D eigenvalue weighted by Gasteiger charge is -2.06. The van der Waals surface area contributed by atoms with Crippen LogP contribution >= 0.6 is 0 Å². The SMILES string of the molecule is Cc1cccc(C(=O)Oc2ccc(C=Nc3ccccc3)cc2[N+](=O)[O-])c1. The van der Waals surface area contributed by atoms with Crippen molar-refractivity contribution in [1.29, 1.82) is 0 Å². The van der Waals surface area contributed by atoms with Crippen LogP contribution in [0.4, 0.5) is 11.4 Å². The number of para-hydroxylation sites is 1. The quantitative estimate of drug-likeness (QED) is 0.214. The lowest BCUT2D eigenvalue weighted by molar-refractivity contribution is -0.385. The molecule has 0 fully saturated rings. The van der Waals surface area contributed by atoms with Crippen molar-refractivity contribution in [2.45, 2.75) is 6.92 Å². The number of benzene rings is 3. The lowest BCUT2D eigenvalue weighted by Crippen LogP contribution is -2.10. The highest BCUT2D eigenvalue weighted by Gasteiger charge is 2.19. The Hall–Kier alpha value is -3.80. The zero-order chi connectivity index (χ0) is 19.2. The zero-order valence-corrected chi connectivity index (χ0v) is 14.5. The third-order valence-electron chi connectivity index (χ3n) is 3.76. The molecule has 0 atom stereocenters. The van der Waals surface area contributed by atoms with Gasteiger partial charge in [0.05, 0.1) is 16.2 Å². The molecular formula is C21H16N2O4. The van der Waals surface area contributed by atoms with E-state index in [1.165, 1.54) is 18.3 Å². The minimum atomic E-state index is -0.646. The third-order valence-corrected chi connectivity index (χ3v) is 3.76. The van der Waals surface area contributed by atoms with Crippen molar-refractivity contribution in [2.75, 3.05) is 0 Å². The predicted octanol–water partition coefficient (Wildman–Crippen LogP) is 4.87. The Bertz CT molecular complexity index is 1010. The normalized spacial score (nSPS) is 10.7. The molecule has 0 heterocycles. The van der Waals surface area contributed by atoms with E-state index in [1.54, 1.807) is 24.3 Å². The van der Waals surface area contributed by atoms with Gasteiger partial charge in [0.25, 0.3) is 0 Å². The number of nitro benzene ring substituents is 1. The van der Waals surface area contributed by atoms with Gasteiger partial charge in [-0.2, -0.15) is 0 Å². The van der Waals surface area contributed by atoms with Crippen LogP contribution in [0.25, 0.3) is 0 Å². The Labute approximate surface area is 155 Å². The Balaban J connectivity index is 1.85. The fraction of sp³-hybridized carbons (Fsp3) is 0.0476. The van der Waals surface area contributed by atoms with E-state index in [0.717, 1.165) is 11.3 Å². The predicted molar refractivity (Wildman–Crippen MR) is 103 cm³/mol. The smallest absolute Gasteiger partial charge is 0.343 e. The number of aryl methyl sites for hydroxylation is 1. The second kappa shape index (κ2) is 8.05. The van der Waals surface area contributed by atoms with Crippen molar-refractivity contribution in [2.24, 2.45) is 4.99 Å². The van der Waals surface area contributed by atoms with Crippen molar-refractivity contribution < 1.29 is 14.5 Å². The average molecular weight is 360 g/mol. The molecule has 0 aliphatic rings. The standard InChI is InChI=1S/C21H16N2O4/c1-15-6-5-7-17(12-15)21(24)27-20-11-10-16(13-19(20)23(25)26)14-22-18-8-3-2-4-9-18/h2-14H,1H3. The molecule has 0 aliphatic heterocycles. The molecule has 6 nitrogen and oxygen atoms in total. The van der Waals surface area contributed by atoms with Gasteiger partial charge in [0, 0.05) is 12.3 Å². The summed E-state index contributed by atoms with van der Waals surface area (Å²) in [6.45, 7) is 1.85. The first-order valence-electron chi connectivity index (χ1n) is 8.19. The van der Waals surface area contributed by atoms with Crippen LogP contribution < -0.4 is 4.74 Å². The van der Waals surface area contributed by atoms with Crippen molar-refractivity contribution in [1.82, 2.24) is 0 Å². The van der Waals surface area contributed by atoms with Gasteiger partial charge in [0.1, 0.15) is 0 Å². The number of rotatable bonds is 5. The molecule has 6 heteroatoms. The Morgan fingerprint density at radius 1 is 1.04 bits per heavy atom. The zero-order valence-electron chi connectivity index (χ0n) is 14.5. The summed E-state index contributed by atoms with van der Waals surface area (Å²) in [5, 5.41) is 11.4. The number of esters is 1. The highest BCUT2D eigenvalue weighted by atomic mass is 16.6. The highest BCUT2D eigenvalue weighted by molar-refractivity contribution is 5.92. The number of carbonyl (C=O) groups excluding carboxylic acids is 1. The lowest BCUT2D eigenvalue weighted by atomic mass is 10.1. The van der Waals surface area contributed by atoms with Crippen LogP contribution in [0.1, 0.15) is 21.5 Å². The van der Waals surface area contributed by atoms with E-state index in [4.69, 9.17) is 4.74 Å². The van der Waals surface area contributed by atoms with Crippen molar-refractivity contribution in [3.8, 4) is 5.75 Å². The summed E-state index contributed by atoms with van der Waals surface area (Å²) in [4.78, 5) is 27.3. The topological polar surface area (TPSA) is 81.8 Å². The number of ether oxygens (including phenoxy) is 1. The first-order valence-corrected chi connectivity index (χ1v) is 8.19. The maximum absolute atomic E-state index is 12.3. The fourth-order valence-electron chi connectivity index (χ4n) is 2.44. The van der Waals surface area contributed by atoms with Crippen LogP contribution in [-0.4, -0.2) is 17.1 Å². The van der Waals surface area contributed by atoms with Crippen LogP contribution in [0, 0.1) is 17.0 Å². The first kappa shape index (κ1) is 18.0. The molecule has 0 aromatic heterocycles. The van der Waals surface area contributed by atoms with Crippen molar-refractivity contribution in [3.63, 3.8) is 0 Å². The van der Waals surface area contributed by atoms with Gasteiger partial charge in [-0.05, 0) is 48.9 Å². The largest absolute Gasteiger partial charge is 0.416 e. The van der Waals surface area contributed by atoms with Crippen molar-refractivity contribution in [3.05, 3.63) is 99.6 Å². The number of aliphatic imine (C=N–C) groups is 1. The second-order valence-electron chi connectivity index (χ2n) is 5.84. The fourth-order valence-corrected chi connectivity index (χ4v) is 2.44. The number of carbonyl (C=O) groups is 1. The molecule has 0 N–H and O–H groups in total. The van der Waals surface area contributed by atoms with E-state index in [0.29, 0.717) is 11.1 Å². The maximum Gasteiger partial charge on any atom is 0.343 e. The molecule has 3 aromatic carbocycles. The molecule has 27 heavy (non-hydrogen) atoms. The maximum atomic E-state index is 12.3. The molecule has 134 valence electrons. The van der Waals surface area contributed by atoms with Gasteiger partial charge in [0.15, 0.2) is 0 Å². The van der Waals surface area contributed by atoms with E-state index >= 15 is 0 Å². The molecule has 0 saturated carbocycles. The van der Waals surface area contributed by atoms with E-state index in [9.17, 15) is 14.9 Å². The van der Waals surface area contributed by atoms with Crippen LogP contribution in [-0.2, 0) is 0 Å². The molecule has 3 aromatic rings. The molecule has 0 amide bonds. The van der Waals surface area contributed by atoms with Crippen molar-refractivity contribution >= 4 is 23.6 Å². The molecule has 0 radical (unpaired) electrons. The van der Waals surface area contributed by atoms with Gasteiger partial charge in [-0.15, -0.1) is 0 Å². The molecule has 0 spiro atoms. The summed E-state index contributed by atoms with van der Waals surface area (Å²) < 4.78 is 5.24. The molecule has 0 bridgehead atoms. The van der Waals surface area contributed by atoms with Gasteiger partial charge >= 0.3 is 11.7 Å². The first-order chi connectivity index (χ1) is 13.0. The summed E-state index contributed by atoms with van der Waals surface area (Å²) in [5.74, 6) is -0.754. The molecule has 0 saturated heterocycles. The Kier molecular flexibility index (Phi) is 5.37. The van der Waals surface area contributed by atoms with Crippen LogP contribution in [0.15, 0.2) is 77.8 Å². The Morgan fingerprint density at radius 2 is 1.81 bits per heavy atom. The van der Waals surface area contributed by atoms with E-state index in [1.807, 2.05) is 43.3 Å². The summed E-state index contributed by atoms with van der Waals surface area (Å²) >= 11 is 0. The number of nitrogens with zero attached hydrogens (tertiary/aromatic N) is 2. The van der Waals surface area contributed by atoms with Crippen LogP contribution in [0.5, 0.6) is 5.75 Å². The molecule has 0 aliphatic carbocycles. The minimum Gasteiger partial charge on any atom is -0.416 e.